The number of benzene rings is 2. The van der Waals surface area contributed by atoms with Crippen molar-refractivity contribution in [3.63, 3.8) is 0 Å². The predicted octanol–water partition coefficient (Wildman–Crippen LogP) is 4.01. The summed E-state index contributed by atoms with van der Waals surface area (Å²) < 4.78 is 0. The standard InChI is InChI=1S/C16H17ClN2O/c1-11-7-8-14(12(2)9-11)18-10-16(20)19-15-6-4-3-5-13(15)17/h3-9,18H,10H2,1-2H3,(H,19,20). The average molecular weight is 289 g/mol. The van der Waals surface area contributed by atoms with Crippen LogP contribution in [0.15, 0.2) is 42.5 Å². The molecule has 0 radical (unpaired) electrons. The molecule has 2 aromatic rings. The van der Waals surface area contributed by atoms with Crippen molar-refractivity contribution in [2.75, 3.05) is 17.2 Å². The van der Waals surface area contributed by atoms with Gasteiger partial charge in [-0.1, -0.05) is 41.4 Å². The number of anilines is 2. The molecule has 2 rings (SSSR count). The molecule has 0 aromatic heterocycles. The van der Waals surface area contributed by atoms with Gasteiger partial charge in [0.25, 0.3) is 0 Å². The molecule has 0 saturated heterocycles. The second kappa shape index (κ2) is 6.44. The van der Waals surface area contributed by atoms with Gasteiger partial charge in [-0.2, -0.15) is 0 Å². The van der Waals surface area contributed by atoms with E-state index in [4.69, 9.17) is 11.6 Å². The number of para-hydroxylation sites is 1. The summed E-state index contributed by atoms with van der Waals surface area (Å²) in [6.45, 7) is 4.26. The number of rotatable bonds is 4. The van der Waals surface area contributed by atoms with E-state index in [9.17, 15) is 4.79 Å². The van der Waals surface area contributed by atoms with Crippen LogP contribution in [0, 0.1) is 13.8 Å². The summed E-state index contributed by atoms with van der Waals surface area (Å²) in [5, 5.41) is 6.44. The molecule has 0 aliphatic heterocycles. The monoisotopic (exact) mass is 288 g/mol. The van der Waals surface area contributed by atoms with Gasteiger partial charge in [-0.25, -0.2) is 0 Å². The molecule has 0 saturated carbocycles. The first kappa shape index (κ1) is 14.4. The van der Waals surface area contributed by atoms with Crippen LogP contribution < -0.4 is 10.6 Å². The largest absolute Gasteiger partial charge is 0.376 e. The summed E-state index contributed by atoms with van der Waals surface area (Å²) in [6, 6.07) is 13.3. The third-order valence-corrected chi connectivity index (χ3v) is 3.30. The molecule has 4 heteroatoms. The molecular formula is C16H17ClN2O. The molecular weight excluding hydrogens is 272 g/mol. The molecule has 0 spiro atoms. The normalized spacial score (nSPS) is 10.2. The number of hydrogen-bond acceptors (Lipinski definition) is 2. The van der Waals surface area contributed by atoms with Gasteiger partial charge in [-0.3, -0.25) is 4.79 Å². The molecule has 0 bridgehead atoms. The van der Waals surface area contributed by atoms with Crippen LogP contribution in [-0.4, -0.2) is 12.5 Å². The molecule has 2 N–H and O–H groups in total. The summed E-state index contributed by atoms with van der Waals surface area (Å²) in [5.41, 5.74) is 3.91. The molecule has 0 heterocycles. The van der Waals surface area contributed by atoms with Gasteiger partial charge in [-0.15, -0.1) is 0 Å². The summed E-state index contributed by atoms with van der Waals surface area (Å²) in [4.78, 5) is 11.9. The van der Waals surface area contributed by atoms with E-state index in [2.05, 4.69) is 16.7 Å². The molecule has 0 fully saturated rings. The first-order valence-electron chi connectivity index (χ1n) is 6.42. The fourth-order valence-electron chi connectivity index (χ4n) is 1.94. The highest BCUT2D eigenvalue weighted by molar-refractivity contribution is 6.33. The van der Waals surface area contributed by atoms with Crippen LogP contribution in [0.2, 0.25) is 5.02 Å². The van der Waals surface area contributed by atoms with Crippen LogP contribution in [0.5, 0.6) is 0 Å². The number of hydrogen-bond donors (Lipinski definition) is 2. The number of amides is 1. The maximum absolute atomic E-state index is 11.9. The Kier molecular flexibility index (Phi) is 4.64. The lowest BCUT2D eigenvalue weighted by Crippen LogP contribution is -2.22. The van der Waals surface area contributed by atoms with Crippen molar-refractivity contribution in [1.29, 1.82) is 0 Å². The highest BCUT2D eigenvalue weighted by Gasteiger charge is 2.06. The number of aryl methyl sites for hydroxylation is 2. The van der Waals surface area contributed by atoms with E-state index in [1.165, 1.54) is 5.56 Å². The second-order valence-electron chi connectivity index (χ2n) is 4.70. The van der Waals surface area contributed by atoms with Crippen molar-refractivity contribution in [3.05, 3.63) is 58.6 Å². The Morgan fingerprint density at radius 2 is 1.85 bits per heavy atom. The topological polar surface area (TPSA) is 41.1 Å². The van der Waals surface area contributed by atoms with Crippen molar-refractivity contribution in [2.45, 2.75) is 13.8 Å². The Balaban J connectivity index is 1.94. The summed E-state index contributed by atoms with van der Waals surface area (Å²) in [7, 11) is 0. The van der Waals surface area contributed by atoms with E-state index in [0.717, 1.165) is 11.3 Å². The van der Waals surface area contributed by atoms with E-state index < -0.39 is 0 Å². The summed E-state index contributed by atoms with van der Waals surface area (Å²) in [5.74, 6) is -0.127. The zero-order valence-corrected chi connectivity index (χ0v) is 12.3. The predicted molar refractivity (Wildman–Crippen MR) is 84.5 cm³/mol. The fourth-order valence-corrected chi connectivity index (χ4v) is 2.13. The van der Waals surface area contributed by atoms with Gasteiger partial charge in [-0.05, 0) is 37.6 Å². The summed E-state index contributed by atoms with van der Waals surface area (Å²) >= 11 is 5.99. The SMILES string of the molecule is Cc1ccc(NCC(=O)Nc2ccccc2Cl)c(C)c1. The molecule has 0 unspecified atom stereocenters. The highest BCUT2D eigenvalue weighted by Crippen LogP contribution is 2.20. The van der Waals surface area contributed by atoms with Gasteiger partial charge in [0.1, 0.15) is 0 Å². The van der Waals surface area contributed by atoms with Crippen LogP contribution in [-0.2, 0) is 4.79 Å². The highest BCUT2D eigenvalue weighted by atomic mass is 35.5. The minimum absolute atomic E-state index is 0.127. The Labute approximate surface area is 124 Å². The van der Waals surface area contributed by atoms with Gasteiger partial charge in [0.15, 0.2) is 0 Å². The van der Waals surface area contributed by atoms with Crippen LogP contribution in [0.4, 0.5) is 11.4 Å². The fraction of sp³-hybridized carbons (Fsp3) is 0.188. The number of nitrogens with one attached hydrogen (secondary N) is 2. The Morgan fingerprint density at radius 1 is 1.10 bits per heavy atom. The van der Waals surface area contributed by atoms with E-state index in [1.54, 1.807) is 12.1 Å². The lowest BCUT2D eigenvalue weighted by molar-refractivity contribution is -0.114. The van der Waals surface area contributed by atoms with Crippen molar-refractivity contribution < 1.29 is 4.79 Å². The summed E-state index contributed by atoms with van der Waals surface area (Å²) in [6.07, 6.45) is 0. The molecule has 3 nitrogen and oxygen atoms in total. The molecule has 2 aromatic carbocycles. The minimum atomic E-state index is -0.127. The first-order chi connectivity index (χ1) is 9.56. The van der Waals surface area contributed by atoms with Gasteiger partial charge in [0.05, 0.1) is 17.3 Å². The smallest absolute Gasteiger partial charge is 0.243 e. The maximum Gasteiger partial charge on any atom is 0.243 e. The van der Waals surface area contributed by atoms with E-state index in [0.29, 0.717) is 10.7 Å². The molecule has 1 amide bonds. The van der Waals surface area contributed by atoms with E-state index in [1.807, 2.05) is 38.1 Å². The Morgan fingerprint density at radius 3 is 2.55 bits per heavy atom. The quantitative estimate of drug-likeness (QED) is 0.892. The van der Waals surface area contributed by atoms with Crippen LogP contribution in [0.3, 0.4) is 0 Å². The molecule has 0 aliphatic carbocycles. The molecule has 104 valence electrons. The Hall–Kier alpha value is -2.00. The average Bonchev–Trinajstić information content (AvgIpc) is 2.40. The third-order valence-electron chi connectivity index (χ3n) is 2.97. The van der Waals surface area contributed by atoms with Crippen molar-refractivity contribution in [3.8, 4) is 0 Å². The van der Waals surface area contributed by atoms with Gasteiger partial charge in [0, 0.05) is 5.69 Å². The van der Waals surface area contributed by atoms with Crippen molar-refractivity contribution >= 4 is 28.9 Å². The minimum Gasteiger partial charge on any atom is -0.376 e. The Bertz CT molecular complexity index is 626. The van der Waals surface area contributed by atoms with Crippen LogP contribution in [0.1, 0.15) is 11.1 Å². The van der Waals surface area contributed by atoms with Crippen molar-refractivity contribution in [1.82, 2.24) is 0 Å². The van der Waals surface area contributed by atoms with Gasteiger partial charge >= 0.3 is 0 Å². The number of carbonyl (C=O) groups excluding carboxylic acids is 1. The lowest BCUT2D eigenvalue weighted by Gasteiger charge is -2.11. The number of carbonyl (C=O) groups is 1. The molecule has 0 atom stereocenters. The maximum atomic E-state index is 11.9. The van der Waals surface area contributed by atoms with Gasteiger partial charge < -0.3 is 10.6 Å². The lowest BCUT2D eigenvalue weighted by atomic mass is 10.1. The van der Waals surface area contributed by atoms with Crippen LogP contribution >= 0.6 is 11.6 Å². The van der Waals surface area contributed by atoms with Crippen molar-refractivity contribution in [2.24, 2.45) is 0 Å². The second-order valence-corrected chi connectivity index (χ2v) is 5.11. The van der Waals surface area contributed by atoms with E-state index in [-0.39, 0.29) is 12.5 Å². The van der Waals surface area contributed by atoms with E-state index >= 15 is 0 Å². The zero-order valence-electron chi connectivity index (χ0n) is 11.5. The van der Waals surface area contributed by atoms with Gasteiger partial charge in [0.2, 0.25) is 5.91 Å². The third kappa shape index (κ3) is 3.75. The number of halogens is 1. The molecule has 20 heavy (non-hydrogen) atoms. The first-order valence-corrected chi connectivity index (χ1v) is 6.79. The van der Waals surface area contributed by atoms with Crippen LogP contribution in [0.25, 0.3) is 0 Å². The zero-order chi connectivity index (χ0) is 14.5. The molecule has 0 aliphatic rings.